The van der Waals surface area contributed by atoms with E-state index in [2.05, 4.69) is 11.0 Å². The van der Waals surface area contributed by atoms with Crippen LogP contribution in [0, 0.1) is 11.8 Å². The normalized spacial score (nSPS) is 26.9. The second kappa shape index (κ2) is 8.02. The summed E-state index contributed by atoms with van der Waals surface area (Å²) in [6.45, 7) is 1.49. The number of hydrogen-bond acceptors (Lipinski definition) is 3. The highest BCUT2D eigenvalue weighted by molar-refractivity contribution is 5.85. The van der Waals surface area contributed by atoms with E-state index < -0.39 is 0 Å². The molecule has 1 aromatic carbocycles. The summed E-state index contributed by atoms with van der Waals surface area (Å²) in [5.41, 5.74) is 7.00. The molecule has 5 heteroatoms. The van der Waals surface area contributed by atoms with Gasteiger partial charge in [0.1, 0.15) is 5.75 Å². The quantitative estimate of drug-likeness (QED) is 0.917. The van der Waals surface area contributed by atoms with Gasteiger partial charge in [-0.05, 0) is 44.2 Å². The first-order valence-corrected chi connectivity index (χ1v) is 8.39. The molecule has 0 bridgehead atoms. The van der Waals surface area contributed by atoms with E-state index in [0.717, 1.165) is 50.0 Å². The molecule has 0 spiro atoms. The molecule has 128 valence electrons. The highest BCUT2D eigenvalue weighted by Crippen LogP contribution is 2.40. The molecule has 1 aliphatic heterocycles. The number of amides is 1. The average Bonchev–Trinajstić information content (AvgIpc) is 3.22. The molecule has 1 amide bonds. The van der Waals surface area contributed by atoms with Gasteiger partial charge in [0.05, 0.1) is 13.2 Å². The van der Waals surface area contributed by atoms with Gasteiger partial charge in [-0.15, -0.1) is 12.4 Å². The van der Waals surface area contributed by atoms with E-state index in [1.165, 1.54) is 0 Å². The monoisotopic (exact) mass is 338 g/mol. The Morgan fingerprint density at radius 2 is 2.04 bits per heavy atom. The summed E-state index contributed by atoms with van der Waals surface area (Å²) in [5.74, 6) is 1.68. The lowest BCUT2D eigenvalue weighted by molar-refractivity contribution is -0.137. The second-order valence-electron chi connectivity index (χ2n) is 6.46. The maximum absolute atomic E-state index is 13.0. The number of nitrogens with zero attached hydrogens (tertiary/aromatic N) is 1. The number of carbonyl (C=O) groups is 1. The third-order valence-electron chi connectivity index (χ3n) is 5.31. The van der Waals surface area contributed by atoms with Crippen LogP contribution in [-0.4, -0.2) is 31.0 Å². The molecule has 0 aromatic heterocycles. The zero-order valence-corrected chi connectivity index (χ0v) is 14.6. The van der Waals surface area contributed by atoms with Crippen LogP contribution < -0.4 is 10.5 Å². The predicted octanol–water partition coefficient (Wildman–Crippen LogP) is 3.16. The fourth-order valence-corrected chi connectivity index (χ4v) is 4.15. The molecule has 1 heterocycles. The standard InChI is InChI=1S/C18H26N2O2.ClH/c1-22-17-10-3-2-7-15(17)16-9-5-11-20(16)18(21)14-8-4-6-13(14)12-19;/h2-3,7,10,13-14,16H,4-6,8-9,11-12,19H2,1H3;1H/t13-,14-,16?;/m1./s1. The summed E-state index contributed by atoms with van der Waals surface area (Å²) < 4.78 is 5.50. The van der Waals surface area contributed by atoms with E-state index in [9.17, 15) is 4.79 Å². The molecule has 3 atom stereocenters. The summed E-state index contributed by atoms with van der Waals surface area (Å²) in [6, 6.07) is 8.23. The zero-order chi connectivity index (χ0) is 15.5. The highest BCUT2D eigenvalue weighted by atomic mass is 35.5. The zero-order valence-electron chi connectivity index (χ0n) is 13.7. The van der Waals surface area contributed by atoms with Gasteiger partial charge in [-0.3, -0.25) is 4.79 Å². The van der Waals surface area contributed by atoms with Gasteiger partial charge < -0.3 is 15.4 Å². The number of rotatable bonds is 4. The number of halogens is 1. The second-order valence-corrected chi connectivity index (χ2v) is 6.46. The molecule has 4 nitrogen and oxygen atoms in total. The van der Waals surface area contributed by atoms with E-state index in [-0.39, 0.29) is 24.4 Å². The third kappa shape index (κ3) is 3.48. The lowest BCUT2D eigenvalue weighted by Crippen LogP contribution is -2.38. The Kier molecular flexibility index (Phi) is 6.31. The van der Waals surface area contributed by atoms with Gasteiger partial charge in [-0.25, -0.2) is 0 Å². The lowest BCUT2D eigenvalue weighted by Gasteiger charge is -2.30. The SMILES string of the molecule is COc1ccccc1C1CCCN1C(=O)[C@@H]1CCC[C@@H]1CN.Cl. The largest absolute Gasteiger partial charge is 0.496 e. The van der Waals surface area contributed by atoms with Gasteiger partial charge in [0.15, 0.2) is 0 Å². The van der Waals surface area contributed by atoms with Crippen molar-refractivity contribution in [3.05, 3.63) is 29.8 Å². The molecule has 1 aromatic rings. The number of nitrogens with two attached hydrogens (primary N) is 1. The van der Waals surface area contributed by atoms with E-state index >= 15 is 0 Å². The summed E-state index contributed by atoms with van der Waals surface area (Å²) in [7, 11) is 1.70. The van der Waals surface area contributed by atoms with Crippen molar-refractivity contribution in [2.24, 2.45) is 17.6 Å². The first kappa shape index (κ1) is 18.1. The highest BCUT2D eigenvalue weighted by Gasteiger charge is 2.39. The number of para-hydroxylation sites is 1. The molecule has 23 heavy (non-hydrogen) atoms. The average molecular weight is 339 g/mol. The van der Waals surface area contributed by atoms with Crippen LogP contribution in [0.3, 0.4) is 0 Å². The maximum atomic E-state index is 13.0. The number of benzene rings is 1. The number of ether oxygens (including phenoxy) is 1. The lowest BCUT2D eigenvalue weighted by atomic mass is 9.93. The summed E-state index contributed by atoms with van der Waals surface area (Å²) >= 11 is 0. The fourth-order valence-electron chi connectivity index (χ4n) is 4.15. The van der Waals surface area contributed by atoms with Crippen LogP contribution in [0.1, 0.15) is 43.7 Å². The first-order valence-electron chi connectivity index (χ1n) is 8.39. The van der Waals surface area contributed by atoms with Crippen molar-refractivity contribution in [1.82, 2.24) is 4.90 Å². The van der Waals surface area contributed by atoms with E-state index in [0.29, 0.717) is 18.4 Å². The molecule has 1 saturated heterocycles. The summed E-state index contributed by atoms with van der Waals surface area (Å²) in [4.78, 5) is 15.1. The molecule has 3 rings (SSSR count). The number of carbonyl (C=O) groups excluding carboxylic acids is 1. The molecule has 1 saturated carbocycles. The van der Waals surface area contributed by atoms with Crippen LogP contribution in [0.25, 0.3) is 0 Å². The molecule has 1 aliphatic carbocycles. The Morgan fingerprint density at radius 3 is 2.78 bits per heavy atom. The van der Waals surface area contributed by atoms with Crippen molar-refractivity contribution >= 4 is 18.3 Å². The predicted molar refractivity (Wildman–Crippen MR) is 93.8 cm³/mol. The Balaban J connectivity index is 0.00000192. The minimum atomic E-state index is 0. The number of methoxy groups -OCH3 is 1. The van der Waals surface area contributed by atoms with Crippen molar-refractivity contribution in [1.29, 1.82) is 0 Å². The van der Waals surface area contributed by atoms with Crippen molar-refractivity contribution in [3.8, 4) is 5.75 Å². The first-order chi connectivity index (χ1) is 10.8. The van der Waals surface area contributed by atoms with E-state index in [1.54, 1.807) is 7.11 Å². The van der Waals surface area contributed by atoms with Crippen molar-refractivity contribution in [2.45, 2.75) is 38.1 Å². The Labute approximate surface area is 144 Å². The van der Waals surface area contributed by atoms with E-state index in [4.69, 9.17) is 10.5 Å². The Morgan fingerprint density at radius 1 is 1.26 bits per heavy atom. The van der Waals surface area contributed by atoms with Gasteiger partial charge in [0, 0.05) is 18.0 Å². The molecule has 2 N–H and O–H groups in total. The minimum Gasteiger partial charge on any atom is -0.496 e. The topological polar surface area (TPSA) is 55.6 Å². The van der Waals surface area contributed by atoms with Crippen molar-refractivity contribution in [3.63, 3.8) is 0 Å². The van der Waals surface area contributed by atoms with Crippen LogP contribution >= 0.6 is 12.4 Å². The van der Waals surface area contributed by atoms with Gasteiger partial charge in [-0.1, -0.05) is 24.6 Å². The third-order valence-corrected chi connectivity index (χ3v) is 5.31. The number of hydrogen-bond donors (Lipinski definition) is 1. The van der Waals surface area contributed by atoms with Gasteiger partial charge in [0.25, 0.3) is 0 Å². The molecular formula is C18H27ClN2O2. The number of likely N-dealkylation sites (tertiary alicyclic amines) is 1. The van der Waals surface area contributed by atoms with E-state index in [1.807, 2.05) is 18.2 Å². The van der Waals surface area contributed by atoms with Crippen molar-refractivity contribution < 1.29 is 9.53 Å². The molecule has 2 aliphatic rings. The Bertz CT molecular complexity index is 538. The maximum Gasteiger partial charge on any atom is 0.226 e. The van der Waals surface area contributed by atoms with Crippen LogP contribution in [0.4, 0.5) is 0 Å². The van der Waals surface area contributed by atoms with Crippen LogP contribution in [0.2, 0.25) is 0 Å². The van der Waals surface area contributed by atoms with Gasteiger partial charge in [0.2, 0.25) is 5.91 Å². The molecular weight excluding hydrogens is 312 g/mol. The van der Waals surface area contributed by atoms with Crippen LogP contribution in [-0.2, 0) is 4.79 Å². The summed E-state index contributed by atoms with van der Waals surface area (Å²) in [6.07, 6.45) is 5.31. The van der Waals surface area contributed by atoms with Crippen LogP contribution in [0.15, 0.2) is 24.3 Å². The Hall–Kier alpha value is -1.26. The van der Waals surface area contributed by atoms with Gasteiger partial charge in [-0.2, -0.15) is 0 Å². The van der Waals surface area contributed by atoms with Crippen molar-refractivity contribution in [2.75, 3.05) is 20.2 Å². The van der Waals surface area contributed by atoms with Crippen LogP contribution in [0.5, 0.6) is 5.75 Å². The molecule has 1 unspecified atom stereocenters. The molecule has 2 fully saturated rings. The molecule has 0 radical (unpaired) electrons. The van der Waals surface area contributed by atoms with Gasteiger partial charge >= 0.3 is 0 Å². The summed E-state index contributed by atoms with van der Waals surface area (Å²) in [5, 5.41) is 0. The smallest absolute Gasteiger partial charge is 0.226 e. The minimum absolute atomic E-state index is 0. The fraction of sp³-hybridized carbons (Fsp3) is 0.611.